The molecule has 2 aromatic carbocycles. The number of aromatic amines is 2. The fourth-order valence-electron chi connectivity index (χ4n) is 13.0. The van der Waals surface area contributed by atoms with Crippen molar-refractivity contribution in [1.29, 1.82) is 0 Å². The molecule has 6 aliphatic rings. The second-order valence-corrected chi connectivity index (χ2v) is 21.3. The first-order chi connectivity index (χ1) is 38.2. The summed E-state index contributed by atoms with van der Waals surface area (Å²) in [6, 6.07) is 11.1. The molecule has 2 atom stereocenters. The van der Waals surface area contributed by atoms with Crippen LogP contribution in [0, 0.1) is 0 Å². The maximum atomic E-state index is 14.8. The number of carbonyl (C=O) groups is 1. The van der Waals surface area contributed by atoms with E-state index in [1.807, 2.05) is 36.9 Å². The number of rotatable bonds is 10. The summed E-state index contributed by atoms with van der Waals surface area (Å²) in [6.07, 6.45) is 5.28. The number of H-pyrrole nitrogens is 2. The fraction of sp³-hybridized carbons (Fsp3) is 0.528. The summed E-state index contributed by atoms with van der Waals surface area (Å²) in [5.74, 6) is 0.302. The second-order valence-electron chi connectivity index (χ2n) is 21.3. The van der Waals surface area contributed by atoms with Crippen molar-refractivity contribution in [3.05, 3.63) is 60.7 Å². The average Bonchev–Trinajstić information content (AvgIpc) is 4.42. The number of morpholine rings is 2. The normalized spacial score (nSPS) is 21.9. The minimum absolute atomic E-state index is 0.00871. The molecule has 78 heavy (non-hydrogen) atoms. The number of ether oxygens (including phenoxy) is 2. The maximum absolute atomic E-state index is 14.8. The quantitative estimate of drug-likeness (QED) is 0.127. The number of fused-ring (bicyclic) bond motifs is 4. The largest absolute Gasteiger partial charge is 0.378 e. The summed E-state index contributed by atoms with van der Waals surface area (Å²) in [5.41, 5.74) is 6.70. The molecule has 12 heterocycles. The monoisotopic (exact) mass is 1070 g/mol. The number of alkyl halides is 4. The van der Waals surface area contributed by atoms with Crippen LogP contribution >= 0.6 is 0 Å². The minimum atomic E-state index is -2.75. The van der Waals surface area contributed by atoms with Crippen LogP contribution in [-0.4, -0.2) is 189 Å². The van der Waals surface area contributed by atoms with Gasteiger partial charge in [0.15, 0.2) is 22.9 Å². The molecule has 0 radical (unpaired) electrons. The minimum Gasteiger partial charge on any atom is -0.378 e. The summed E-state index contributed by atoms with van der Waals surface area (Å²) in [5, 5.41) is 0. The molecular formula is C53H60F4N18O3. The lowest BCUT2D eigenvalue weighted by Gasteiger charge is -2.44. The standard InChI is InChI=1S/C53H60F4N18O3/c54-45(55)47-60-35-7-1-5-33(39(35)62-47)41-43-49(66-51(64-41)70-21-25-77-26-22-70)74(29-58-43)31-11-17-68(18-12-31)37-9-3-15-72(37)53(76)73-16-4-10-38(73)69-19-13-32(14-20-69)75-30-59-44-42(65-52(67-50(44)75)71-23-27-78-28-24-71)34-6-2-8-36-40(34)63-48(61-36)46(56)57/h1-2,5-8,29-32,37-38,45-46H,3-4,9-28H2,(H,60,62)(H,61,63). The number of imidazole rings is 4. The van der Waals surface area contributed by atoms with Crippen molar-refractivity contribution in [1.82, 2.24) is 78.6 Å². The predicted molar refractivity (Wildman–Crippen MR) is 281 cm³/mol. The van der Waals surface area contributed by atoms with Gasteiger partial charge in [0.05, 0.1) is 73.5 Å². The molecule has 2 amide bonds. The van der Waals surface area contributed by atoms with Gasteiger partial charge in [0.25, 0.3) is 12.9 Å². The Bertz CT molecular complexity index is 3280. The van der Waals surface area contributed by atoms with Crippen LogP contribution in [0.25, 0.3) is 66.9 Å². The molecule has 6 fully saturated rings. The van der Waals surface area contributed by atoms with E-state index in [1.54, 1.807) is 12.1 Å². The van der Waals surface area contributed by atoms with E-state index in [2.05, 4.69) is 58.5 Å². The predicted octanol–water partition coefficient (Wildman–Crippen LogP) is 7.54. The van der Waals surface area contributed by atoms with Crippen molar-refractivity contribution in [2.45, 2.75) is 88.6 Å². The number of nitrogens with zero attached hydrogens (tertiary/aromatic N) is 16. The lowest BCUT2D eigenvalue weighted by atomic mass is 10.0. The topological polar surface area (TPSA) is 200 Å². The van der Waals surface area contributed by atoms with Crippen LogP contribution in [-0.2, 0) is 9.47 Å². The lowest BCUT2D eigenvalue weighted by molar-refractivity contribution is 0.0249. The number of carbonyl (C=O) groups excluding carboxylic acids is 1. The zero-order chi connectivity index (χ0) is 52.6. The van der Waals surface area contributed by atoms with Crippen LogP contribution < -0.4 is 9.80 Å². The number of hydrogen-bond acceptors (Lipinski definition) is 15. The number of nitrogens with one attached hydrogen (secondary N) is 2. The van der Waals surface area contributed by atoms with Gasteiger partial charge < -0.3 is 48.2 Å². The third-order valence-electron chi connectivity index (χ3n) is 17.0. The van der Waals surface area contributed by atoms with Crippen molar-refractivity contribution in [2.24, 2.45) is 0 Å². The molecule has 2 N–H and O–H groups in total. The zero-order valence-corrected chi connectivity index (χ0v) is 43.0. The van der Waals surface area contributed by atoms with Crippen LogP contribution in [0.2, 0.25) is 0 Å². The Morgan fingerprint density at radius 1 is 0.513 bits per heavy atom. The molecule has 6 aliphatic heterocycles. The first-order valence-corrected chi connectivity index (χ1v) is 27.5. The van der Waals surface area contributed by atoms with Crippen molar-refractivity contribution in [2.75, 3.05) is 102 Å². The van der Waals surface area contributed by atoms with Gasteiger partial charge in [-0.05, 0) is 63.5 Å². The van der Waals surface area contributed by atoms with Gasteiger partial charge in [-0.3, -0.25) is 9.80 Å². The van der Waals surface area contributed by atoms with E-state index in [0.29, 0.717) is 131 Å². The van der Waals surface area contributed by atoms with E-state index >= 15 is 0 Å². The highest BCUT2D eigenvalue weighted by atomic mass is 19.3. The van der Waals surface area contributed by atoms with Gasteiger partial charge in [0.2, 0.25) is 11.9 Å². The highest BCUT2D eigenvalue weighted by molar-refractivity contribution is 6.00. The third-order valence-corrected chi connectivity index (χ3v) is 17.0. The van der Waals surface area contributed by atoms with E-state index in [0.717, 1.165) is 90.6 Å². The average molecular weight is 1070 g/mol. The number of amides is 2. The summed E-state index contributed by atoms with van der Waals surface area (Å²) in [7, 11) is 0. The molecule has 8 aromatic rings. The van der Waals surface area contributed by atoms with Gasteiger partial charge >= 0.3 is 6.03 Å². The van der Waals surface area contributed by atoms with Crippen LogP contribution in [0.4, 0.5) is 34.3 Å². The van der Waals surface area contributed by atoms with Crippen LogP contribution in [0.1, 0.15) is 87.9 Å². The number of para-hydroxylation sites is 2. The van der Waals surface area contributed by atoms with Gasteiger partial charge in [-0.1, -0.05) is 24.3 Å². The molecule has 21 nitrogen and oxygen atoms in total. The Morgan fingerprint density at radius 2 is 0.936 bits per heavy atom. The van der Waals surface area contributed by atoms with Crippen LogP contribution in [0.5, 0.6) is 0 Å². The van der Waals surface area contributed by atoms with Gasteiger partial charge in [0, 0.05) is 88.7 Å². The van der Waals surface area contributed by atoms with Crippen LogP contribution in [0.15, 0.2) is 49.1 Å². The van der Waals surface area contributed by atoms with Crippen molar-refractivity contribution < 1.29 is 31.8 Å². The summed E-state index contributed by atoms with van der Waals surface area (Å²) >= 11 is 0. The van der Waals surface area contributed by atoms with Crippen molar-refractivity contribution >= 4 is 62.3 Å². The number of benzene rings is 2. The molecule has 0 saturated carbocycles. The van der Waals surface area contributed by atoms with E-state index in [-0.39, 0.29) is 42.1 Å². The smallest absolute Gasteiger partial charge is 0.322 e. The SMILES string of the molecule is O=C(N1CCCC1N1CCC(n2cnc3c(-c4cccc5[nH]c(C(F)F)nc45)nc(N4CCOCC4)nc32)CC1)N1CCCC1N1CCC(n2cnc3c(-c4cccc5[nH]c(C(F)F)nc45)nc(N4CCOCC4)nc32)CC1. The second kappa shape index (κ2) is 20.3. The molecular weight excluding hydrogens is 1010 g/mol. The first-order valence-electron chi connectivity index (χ1n) is 27.5. The number of halogens is 4. The van der Waals surface area contributed by atoms with E-state index in [9.17, 15) is 22.4 Å². The zero-order valence-electron chi connectivity index (χ0n) is 43.0. The fourth-order valence-corrected chi connectivity index (χ4v) is 13.0. The highest BCUT2D eigenvalue weighted by Crippen LogP contribution is 2.40. The molecule has 408 valence electrons. The van der Waals surface area contributed by atoms with Crippen molar-refractivity contribution in [3.8, 4) is 22.5 Å². The van der Waals surface area contributed by atoms with Gasteiger partial charge in [0.1, 0.15) is 22.4 Å². The number of anilines is 2. The maximum Gasteiger partial charge on any atom is 0.322 e. The molecule has 6 saturated heterocycles. The number of likely N-dealkylation sites (tertiary alicyclic amines) is 4. The van der Waals surface area contributed by atoms with E-state index in [1.165, 1.54) is 0 Å². The van der Waals surface area contributed by atoms with Gasteiger partial charge in [-0.2, -0.15) is 9.97 Å². The Morgan fingerprint density at radius 3 is 1.35 bits per heavy atom. The lowest BCUT2D eigenvalue weighted by Crippen LogP contribution is -2.57. The van der Waals surface area contributed by atoms with Crippen molar-refractivity contribution in [3.63, 3.8) is 0 Å². The molecule has 14 rings (SSSR count). The van der Waals surface area contributed by atoms with Gasteiger partial charge in [-0.25, -0.2) is 52.3 Å². The first kappa shape index (κ1) is 49.2. The Hall–Kier alpha value is -7.09. The Balaban J connectivity index is 0.667. The molecule has 0 aliphatic carbocycles. The molecule has 0 spiro atoms. The Kier molecular flexibility index (Phi) is 12.8. The van der Waals surface area contributed by atoms with Crippen LogP contribution in [0.3, 0.4) is 0 Å². The van der Waals surface area contributed by atoms with E-state index in [4.69, 9.17) is 39.4 Å². The summed E-state index contributed by atoms with van der Waals surface area (Å²) in [6.45, 7) is 9.32. The third kappa shape index (κ3) is 8.72. The summed E-state index contributed by atoms with van der Waals surface area (Å²) < 4.78 is 71.1. The Labute approximate surface area is 445 Å². The molecule has 25 heteroatoms. The molecule has 2 unspecified atom stereocenters. The summed E-state index contributed by atoms with van der Waals surface area (Å²) in [4.78, 5) is 72.5. The number of piperidine rings is 2. The number of aromatic nitrogens is 12. The van der Waals surface area contributed by atoms with Gasteiger partial charge in [-0.15, -0.1) is 0 Å². The molecule has 0 bridgehead atoms. The number of hydrogen-bond donors (Lipinski definition) is 2. The van der Waals surface area contributed by atoms with E-state index < -0.39 is 12.9 Å². The highest BCUT2D eigenvalue weighted by Gasteiger charge is 2.43. The molecule has 6 aromatic heterocycles. The number of urea groups is 1.